The summed E-state index contributed by atoms with van der Waals surface area (Å²) in [6.45, 7) is 5.98. The van der Waals surface area contributed by atoms with Gasteiger partial charge in [-0.15, -0.1) is 6.58 Å². The summed E-state index contributed by atoms with van der Waals surface area (Å²) in [6.07, 6.45) is 5.24. The van der Waals surface area contributed by atoms with Crippen LogP contribution in [0.2, 0.25) is 0 Å². The lowest BCUT2D eigenvalue weighted by Crippen LogP contribution is -2.54. The minimum Gasteiger partial charge on any atom is -0.497 e. The summed E-state index contributed by atoms with van der Waals surface area (Å²) in [4.78, 5) is 6.79. The Morgan fingerprint density at radius 3 is 3.00 bits per heavy atom. The fourth-order valence-corrected chi connectivity index (χ4v) is 4.56. The number of nitrogen functional groups attached to an aromatic ring is 1. The lowest BCUT2D eigenvalue weighted by Gasteiger charge is -2.50. The fraction of sp³-hybridized carbons (Fsp3) is 0.450. The molecule has 25 heavy (non-hydrogen) atoms. The first-order valence-corrected chi connectivity index (χ1v) is 8.89. The Balaban J connectivity index is 1.74. The second-order valence-electron chi connectivity index (χ2n) is 7.20. The summed E-state index contributed by atoms with van der Waals surface area (Å²) in [6, 6.07) is 5.79. The predicted molar refractivity (Wildman–Crippen MR) is 99.4 cm³/mol. The van der Waals surface area contributed by atoms with E-state index in [0.29, 0.717) is 17.5 Å². The number of aliphatic hydroxyl groups excluding tert-OH is 1. The number of aromatic nitrogens is 1. The molecule has 2 aromatic rings. The van der Waals surface area contributed by atoms with Gasteiger partial charge in [0.2, 0.25) is 0 Å². The lowest BCUT2D eigenvalue weighted by atomic mass is 9.73. The number of benzene rings is 1. The molecule has 132 valence electrons. The Bertz CT molecular complexity index is 807. The number of aliphatic hydroxyl groups is 1. The highest BCUT2D eigenvalue weighted by Gasteiger charge is 2.42. The minimum atomic E-state index is -0.633. The van der Waals surface area contributed by atoms with E-state index in [4.69, 9.17) is 10.5 Å². The molecular formula is C20H25N3O2. The molecule has 0 aliphatic carbocycles. The Morgan fingerprint density at radius 2 is 2.32 bits per heavy atom. The van der Waals surface area contributed by atoms with Gasteiger partial charge in [-0.2, -0.15) is 0 Å². The van der Waals surface area contributed by atoms with Gasteiger partial charge in [0.1, 0.15) is 5.75 Å². The molecule has 3 N–H and O–H groups in total. The monoisotopic (exact) mass is 339 g/mol. The SMILES string of the molecule is C=C[C@H]1CN2CC[C@@H]1C[C@H]2[C@H](O)c1c(N)cnc2ccc(OC)cc12. The normalized spacial score (nSPS) is 29.5. The van der Waals surface area contributed by atoms with Crippen molar-refractivity contribution < 1.29 is 9.84 Å². The van der Waals surface area contributed by atoms with Gasteiger partial charge in [-0.05, 0) is 49.4 Å². The van der Waals surface area contributed by atoms with Gasteiger partial charge < -0.3 is 15.6 Å². The van der Waals surface area contributed by atoms with Crippen LogP contribution in [0, 0.1) is 11.8 Å². The van der Waals surface area contributed by atoms with E-state index in [0.717, 1.165) is 41.7 Å². The molecule has 0 saturated carbocycles. The molecule has 0 amide bonds. The highest BCUT2D eigenvalue weighted by atomic mass is 16.5. The molecule has 5 atom stereocenters. The standard InChI is InChI=1S/C20H25N3O2/c1-3-12-11-23-7-6-13(12)8-18(23)20(24)19-15-9-14(25-2)4-5-17(15)22-10-16(19)21/h3-5,9-10,12-13,18,20,24H,1,6-8,11,21H2,2H3/t12-,13+,18-,20-/m0/s1. The second kappa shape index (κ2) is 6.32. The zero-order chi connectivity index (χ0) is 17.6. The van der Waals surface area contributed by atoms with E-state index < -0.39 is 6.10 Å². The molecule has 3 aliphatic rings. The van der Waals surface area contributed by atoms with Crippen molar-refractivity contribution in [2.45, 2.75) is 25.0 Å². The van der Waals surface area contributed by atoms with E-state index in [9.17, 15) is 5.11 Å². The minimum absolute atomic E-state index is 0.0917. The van der Waals surface area contributed by atoms with Crippen molar-refractivity contribution in [1.82, 2.24) is 9.88 Å². The van der Waals surface area contributed by atoms with Crippen molar-refractivity contribution in [3.8, 4) is 5.75 Å². The first-order valence-electron chi connectivity index (χ1n) is 8.89. The Morgan fingerprint density at radius 1 is 1.48 bits per heavy atom. The van der Waals surface area contributed by atoms with Crippen LogP contribution < -0.4 is 10.5 Å². The van der Waals surface area contributed by atoms with Crippen LogP contribution in [0.3, 0.4) is 0 Å². The summed E-state index contributed by atoms with van der Waals surface area (Å²) < 4.78 is 5.35. The molecule has 2 bridgehead atoms. The molecule has 3 saturated heterocycles. The number of nitrogens with two attached hydrogens (primary N) is 1. The third-order valence-electron chi connectivity index (χ3n) is 5.96. The van der Waals surface area contributed by atoms with Crippen LogP contribution in [-0.2, 0) is 0 Å². The van der Waals surface area contributed by atoms with Crippen LogP contribution >= 0.6 is 0 Å². The fourth-order valence-electron chi connectivity index (χ4n) is 4.56. The maximum Gasteiger partial charge on any atom is 0.119 e. The molecule has 5 heteroatoms. The average molecular weight is 339 g/mol. The molecule has 1 aromatic heterocycles. The Kier molecular flexibility index (Phi) is 4.13. The van der Waals surface area contributed by atoms with E-state index in [1.165, 1.54) is 6.42 Å². The summed E-state index contributed by atoms with van der Waals surface area (Å²) in [7, 11) is 1.64. The van der Waals surface area contributed by atoms with E-state index in [1.807, 2.05) is 18.2 Å². The van der Waals surface area contributed by atoms with E-state index in [-0.39, 0.29) is 6.04 Å². The molecule has 1 unspecified atom stereocenters. The van der Waals surface area contributed by atoms with Crippen molar-refractivity contribution in [2.75, 3.05) is 25.9 Å². The molecule has 4 heterocycles. The van der Waals surface area contributed by atoms with Crippen molar-refractivity contribution in [3.63, 3.8) is 0 Å². The molecule has 5 rings (SSSR count). The number of rotatable bonds is 4. The number of fused-ring (bicyclic) bond motifs is 4. The number of ether oxygens (including phenoxy) is 1. The number of piperidine rings is 3. The third-order valence-corrected chi connectivity index (χ3v) is 5.96. The molecule has 0 radical (unpaired) electrons. The third kappa shape index (κ3) is 2.68. The summed E-state index contributed by atoms with van der Waals surface area (Å²) in [5, 5.41) is 12.1. The van der Waals surface area contributed by atoms with Gasteiger partial charge >= 0.3 is 0 Å². The van der Waals surface area contributed by atoms with Crippen LogP contribution in [0.25, 0.3) is 10.9 Å². The molecular weight excluding hydrogens is 314 g/mol. The summed E-state index contributed by atoms with van der Waals surface area (Å²) in [5.74, 6) is 1.88. The van der Waals surface area contributed by atoms with Gasteiger partial charge in [-0.25, -0.2) is 0 Å². The molecule has 3 fully saturated rings. The highest BCUT2D eigenvalue weighted by molar-refractivity contribution is 5.87. The second-order valence-corrected chi connectivity index (χ2v) is 7.20. The van der Waals surface area contributed by atoms with E-state index in [1.54, 1.807) is 13.3 Å². The molecule has 0 spiro atoms. The molecule has 5 nitrogen and oxygen atoms in total. The number of nitrogens with zero attached hydrogens (tertiary/aromatic N) is 2. The zero-order valence-electron chi connectivity index (χ0n) is 14.6. The Labute approximate surface area is 148 Å². The molecule has 1 aromatic carbocycles. The highest BCUT2D eigenvalue weighted by Crippen LogP contribution is 2.43. The largest absolute Gasteiger partial charge is 0.497 e. The van der Waals surface area contributed by atoms with Crippen molar-refractivity contribution in [2.24, 2.45) is 11.8 Å². The topological polar surface area (TPSA) is 71.6 Å². The van der Waals surface area contributed by atoms with Crippen LogP contribution in [0.15, 0.2) is 37.1 Å². The van der Waals surface area contributed by atoms with Crippen molar-refractivity contribution in [1.29, 1.82) is 0 Å². The van der Waals surface area contributed by atoms with Crippen LogP contribution in [-0.4, -0.2) is 41.2 Å². The smallest absolute Gasteiger partial charge is 0.119 e. The lowest BCUT2D eigenvalue weighted by molar-refractivity contribution is -0.0442. The van der Waals surface area contributed by atoms with Gasteiger partial charge in [0.25, 0.3) is 0 Å². The first kappa shape index (κ1) is 16.4. The van der Waals surface area contributed by atoms with Gasteiger partial charge in [-0.3, -0.25) is 9.88 Å². The van der Waals surface area contributed by atoms with Crippen LogP contribution in [0.1, 0.15) is 24.5 Å². The van der Waals surface area contributed by atoms with Gasteiger partial charge in [-0.1, -0.05) is 6.08 Å². The van der Waals surface area contributed by atoms with Gasteiger partial charge in [0.05, 0.1) is 30.6 Å². The number of hydrogen-bond donors (Lipinski definition) is 2. The van der Waals surface area contributed by atoms with Crippen molar-refractivity contribution >= 4 is 16.6 Å². The number of methoxy groups -OCH3 is 1. The van der Waals surface area contributed by atoms with Gasteiger partial charge in [0, 0.05) is 23.5 Å². The summed E-state index contributed by atoms with van der Waals surface area (Å²) >= 11 is 0. The van der Waals surface area contributed by atoms with E-state index in [2.05, 4.69) is 22.5 Å². The van der Waals surface area contributed by atoms with Crippen molar-refractivity contribution in [3.05, 3.63) is 42.6 Å². The number of pyridine rings is 1. The molecule has 3 aliphatic heterocycles. The van der Waals surface area contributed by atoms with Crippen LogP contribution in [0.4, 0.5) is 5.69 Å². The first-order chi connectivity index (χ1) is 12.1. The summed E-state index contributed by atoms with van der Waals surface area (Å²) in [5.41, 5.74) is 8.38. The Hall–Kier alpha value is -2.11. The van der Waals surface area contributed by atoms with Crippen LogP contribution in [0.5, 0.6) is 5.75 Å². The maximum absolute atomic E-state index is 11.3. The average Bonchev–Trinajstić information content (AvgIpc) is 2.67. The predicted octanol–water partition coefficient (Wildman–Crippen LogP) is 2.76. The van der Waals surface area contributed by atoms with Gasteiger partial charge in [0.15, 0.2) is 0 Å². The number of hydrogen-bond acceptors (Lipinski definition) is 5. The zero-order valence-corrected chi connectivity index (χ0v) is 14.6. The van der Waals surface area contributed by atoms with E-state index >= 15 is 0 Å². The number of anilines is 1. The maximum atomic E-state index is 11.3. The quantitative estimate of drug-likeness (QED) is 0.838.